The van der Waals surface area contributed by atoms with Crippen LogP contribution < -0.4 is 10.6 Å². The highest BCUT2D eigenvalue weighted by Crippen LogP contribution is 2.49. The van der Waals surface area contributed by atoms with Crippen LogP contribution in [-0.4, -0.2) is 22.9 Å². The summed E-state index contributed by atoms with van der Waals surface area (Å²) in [6.07, 6.45) is 0. The molecule has 0 aliphatic carbocycles. The van der Waals surface area contributed by atoms with Gasteiger partial charge >= 0.3 is 0 Å². The number of benzene rings is 2. The Hall–Kier alpha value is -2.80. The van der Waals surface area contributed by atoms with Crippen molar-refractivity contribution in [2.75, 3.05) is 5.32 Å². The fourth-order valence-electron chi connectivity index (χ4n) is 4.24. The van der Waals surface area contributed by atoms with Crippen LogP contribution in [0.4, 0.5) is 10.1 Å². The van der Waals surface area contributed by atoms with Gasteiger partial charge in [-0.1, -0.05) is 30.3 Å². The summed E-state index contributed by atoms with van der Waals surface area (Å²) >= 11 is 0. The van der Waals surface area contributed by atoms with Gasteiger partial charge in [-0.3, -0.25) is 20.2 Å². The molecule has 2 aliphatic rings. The van der Waals surface area contributed by atoms with E-state index in [0.717, 1.165) is 0 Å². The number of nitrogens with zero attached hydrogens (tertiary/aromatic N) is 1. The van der Waals surface area contributed by atoms with Crippen LogP contribution in [-0.2, 0) is 10.3 Å². The number of rotatable bonds is 2. The molecule has 2 aliphatic heterocycles. The van der Waals surface area contributed by atoms with E-state index in [1.807, 2.05) is 6.92 Å². The molecule has 0 radical (unpaired) electrons. The van der Waals surface area contributed by atoms with Crippen LogP contribution in [0.15, 0.2) is 48.5 Å². The number of para-hydroxylation sites is 1. The third-order valence-corrected chi connectivity index (χ3v) is 5.22. The summed E-state index contributed by atoms with van der Waals surface area (Å²) in [6.45, 7) is 1.81. The lowest BCUT2D eigenvalue weighted by molar-refractivity contribution is -0.532. The van der Waals surface area contributed by atoms with Crippen LogP contribution in [0.25, 0.3) is 0 Å². The first kappa shape index (κ1) is 15.7. The number of nitrogens with one attached hydrogen (secondary N) is 2. The summed E-state index contributed by atoms with van der Waals surface area (Å²) in [5, 5.41) is 18.0. The number of nitro groups is 1. The molecule has 128 valence electrons. The molecule has 4 rings (SSSR count). The zero-order valence-corrected chi connectivity index (χ0v) is 13.4. The van der Waals surface area contributed by atoms with Gasteiger partial charge in [-0.25, -0.2) is 4.39 Å². The molecule has 0 saturated carbocycles. The molecule has 1 saturated heterocycles. The minimum Gasteiger partial charge on any atom is -0.324 e. The van der Waals surface area contributed by atoms with Crippen molar-refractivity contribution >= 4 is 11.6 Å². The third kappa shape index (κ3) is 2.09. The van der Waals surface area contributed by atoms with E-state index >= 15 is 0 Å². The number of hydrogen-bond donors (Lipinski definition) is 2. The molecule has 0 unspecified atom stereocenters. The van der Waals surface area contributed by atoms with Gasteiger partial charge in [0.1, 0.15) is 5.82 Å². The first-order chi connectivity index (χ1) is 11.9. The van der Waals surface area contributed by atoms with Crippen molar-refractivity contribution in [1.82, 2.24) is 5.32 Å². The summed E-state index contributed by atoms with van der Waals surface area (Å²) in [6, 6.07) is 11.1. The predicted molar refractivity (Wildman–Crippen MR) is 89.3 cm³/mol. The van der Waals surface area contributed by atoms with Crippen molar-refractivity contribution in [2.45, 2.75) is 30.5 Å². The Morgan fingerprint density at radius 1 is 1.16 bits per heavy atom. The maximum absolute atomic E-state index is 13.3. The zero-order chi connectivity index (χ0) is 17.8. The van der Waals surface area contributed by atoms with Gasteiger partial charge in [0.2, 0.25) is 0 Å². The Morgan fingerprint density at radius 2 is 1.84 bits per heavy atom. The Bertz CT molecular complexity index is 870. The Morgan fingerprint density at radius 3 is 2.52 bits per heavy atom. The number of fused-ring (bicyclic) bond motifs is 2. The van der Waals surface area contributed by atoms with E-state index in [4.69, 9.17) is 0 Å². The van der Waals surface area contributed by atoms with E-state index in [-0.39, 0.29) is 6.04 Å². The van der Waals surface area contributed by atoms with Crippen molar-refractivity contribution in [1.29, 1.82) is 0 Å². The predicted octanol–water partition coefficient (Wildman–Crippen LogP) is 2.39. The number of carbonyl (C=O) groups is 1. The molecule has 0 bridgehead atoms. The molecular weight excluding hydrogens is 325 g/mol. The molecule has 4 atom stereocenters. The Kier molecular flexibility index (Phi) is 3.36. The van der Waals surface area contributed by atoms with Crippen LogP contribution in [0.2, 0.25) is 0 Å². The van der Waals surface area contributed by atoms with E-state index in [9.17, 15) is 19.3 Å². The molecule has 2 aromatic carbocycles. The average Bonchev–Trinajstić information content (AvgIpc) is 3.04. The van der Waals surface area contributed by atoms with Gasteiger partial charge in [0.15, 0.2) is 5.54 Å². The van der Waals surface area contributed by atoms with Crippen molar-refractivity contribution in [3.8, 4) is 0 Å². The van der Waals surface area contributed by atoms with Crippen molar-refractivity contribution in [3.63, 3.8) is 0 Å². The van der Waals surface area contributed by atoms with Gasteiger partial charge < -0.3 is 5.32 Å². The summed E-state index contributed by atoms with van der Waals surface area (Å²) in [5.74, 6) is -1.39. The molecular formula is C18H16FN3O3. The molecule has 2 heterocycles. The van der Waals surface area contributed by atoms with Gasteiger partial charge in [0, 0.05) is 22.2 Å². The largest absolute Gasteiger partial charge is 0.324 e. The Balaban J connectivity index is 1.89. The maximum Gasteiger partial charge on any atom is 0.256 e. The molecule has 25 heavy (non-hydrogen) atoms. The molecule has 2 aromatic rings. The second kappa shape index (κ2) is 5.35. The van der Waals surface area contributed by atoms with Gasteiger partial charge in [-0.2, -0.15) is 0 Å². The van der Waals surface area contributed by atoms with Crippen molar-refractivity contribution in [3.05, 3.63) is 75.6 Å². The zero-order valence-electron chi connectivity index (χ0n) is 13.4. The van der Waals surface area contributed by atoms with E-state index in [2.05, 4.69) is 10.6 Å². The monoisotopic (exact) mass is 341 g/mol. The number of anilines is 1. The minimum absolute atomic E-state index is 0.335. The number of halogens is 1. The second-order valence-electron chi connectivity index (χ2n) is 6.55. The van der Waals surface area contributed by atoms with Gasteiger partial charge in [0.25, 0.3) is 11.9 Å². The second-order valence-corrected chi connectivity index (χ2v) is 6.55. The molecule has 1 spiro atoms. The Labute approximate surface area is 143 Å². The molecule has 2 N–H and O–H groups in total. The number of hydrogen-bond acceptors (Lipinski definition) is 4. The van der Waals surface area contributed by atoms with E-state index in [1.165, 1.54) is 12.1 Å². The molecule has 6 nitrogen and oxygen atoms in total. The van der Waals surface area contributed by atoms with Crippen molar-refractivity contribution in [2.24, 2.45) is 0 Å². The highest BCUT2D eigenvalue weighted by Gasteiger charge is 2.67. The van der Waals surface area contributed by atoms with Gasteiger partial charge in [-0.05, 0) is 30.7 Å². The average molecular weight is 341 g/mol. The summed E-state index contributed by atoms with van der Waals surface area (Å²) in [7, 11) is 0. The molecule has 0 aromatic heterocycles. The fraction of sp³-hybridized carbons (Fsp3) is 0.278. The SMILES string of the molecule is C[C@@H]1N[C@]2(C(=O)Nc3ccccc32)[C@H]([N+](=O)[O-])[C@H]1c1ccc(F)cc1. The molecule has 1 amide bonds. The minimum atomic E-state index is -1.43. The van der Waals surface area contributed by atoms with Crippen molar-refractivity contribution < 1.29 is 14.1 Å². The topological polar surface area (TPSA) is 84.3 Å². The van der Waals surface area contributed by atoms with Crippen LogP contribution in [0.3, 0.4) is 0 Å². The first-order valence-corrected chi connectivity index (χ1v) is 8.03. The van der Waals surface area contributed by atoms with E-state index in [1.54, 1.807) is 36.4 Å². The number of amides is 1. The normalized spacial score (nSPS) is 30.3. The lowest BCUT2D eigenvalue weighted by atomic mass is 9.78. The van der Waals surface area contributed by atoms with E-state index < -0.39 is 34.1 Å². The first-order valence-electron chi connectivity index (χ1n) is 8.03. The summed E-state index contributed by atoms with van der Waals surface area (Å²) in [5.41, 5.74) is 0.368. The van der Waals surface area contributed by atoms with Gasteiger partial charge in [0.05, 0.1) is 5.92 Å². The standard InChI is InChI=1S/C18H16FN3O3/c1-10-15(11-6-8-12(19)9-7-11)16(22(24)25)18(21-10)13-4-2-3-5-14(13)20-17(18)23/h2-10,15-16,21H,1H3,(H,20,23)/t10-,15+,16+,18-/m0/s1. The van der Waals surface area contributed by atoms with Crippen LogP contribution in [0.1, 0.15) is 24.0 Å². The maximum atomic E-state index is 13.3. The highest BCUT2D eigenvalue weighted by atomic mass is 19.1. The smallest absolute Gasteiger partial charge is 0.256 e. The lowest BCUT2D eigenvalue weighted by Gasteiger charge is -2.25. The van der Waals surface area contributed by atoms with Crippen LogP contribution in [0, 0.1) is 15.9 Å². The summed E-state index contributed by atoms with van der Waals surface area (Å²) < 4.78 is 13.3. The summed E-state index contributed by atoms with van der Waals surface area (Å²) in [4.78, 5) is 24.4. The fourth-order valence-corrected chi connectivity index (χ4v) is 4.24. The van der Waals surface area contributed by atoms with Crippen LogP contribution in [0.5, 0.6) is 0 Å². The quantitative estimate of drug-likeness (QED) is 0.649. The third-order valence-electron chi connectivity index (χ3n) is 5.22. The number of carbonyl (C=O) groups excluding carboxylic acids is 1. The molecule has 7 heteroatoms. The highest BCUT2D eigenvalue weighted by molar-refractivity contribution is 6.07. The van der Waals surface area contributed by atoms with Crippen LogP contribution >= 0.6 is 0 Å². The van der Waals surface area contributed by atoms with E-state index in [0.29, 0.717) is 16.8 Å². The van der Waals surface area contributed by atoms with Gasteiger partial charge in [-0.15, -0.1) is 0 Å². The lowest BCUT2D eigenvalue weighted by Crippen LogP contribution is -2.54. The molecule has 1 fully saturated rings.